The topological polar surface area (TPSA) is 35.2 Å². The first-order chi connectivity index (χ1) is 8.09. The van der Waals surface area contributed by atoms with Gasteiger partial charge in [0, 0.05) is 24.3 Å². The van der Waals surface area contributed by atoms with E-state index in [1.807, 2.05) is 0 Å². The molecule has 1 aromatic carbocycles. The summed E-state index contributed by atoms with van der Waals surface area (Å²) in [6.45, 7) is 1.51. The standard InChI is InChI=1S/C12H14Cl3NO.ClH/c13-8-5-9(11(15)10(14)6-8)12(16)7-1-3-17-4-2-7;/h5-7,12H,1-4,16H2;1H/t12-;/m0./s1. The molecule has 0 aliphatic carbocycles. The van der Waals surface area contributed by atoms with Crippen molar-refractivity contribution in [2.24, 2.45) is 11.7 Å². The smallest absolute Gasteiger partial charge is 0.0641 e. The van der Waals surface area contributed by atoms with Crippen LogP contribution in [0.5, 0.6) is 0 Å². The summed E-state index contributed by atoms with van der Waals surface area (Å²) in [6.07, 6.45) is 1.89. The Balaban J connectivity index is 0.00000162. The fourth-order valence-electron chi connectivity index (χ4n) is 2.15. The number of rotatable bonds is 2. The lowest BCUT2D eigenvalue weighted by Crippen LogP contribution is -2.27. The van der Waals surface area contributed by atoms with Gasteiger partial charge in [-0.15, -0.1) is 12.4 Å². The van der Waals surface area contributed by atoms with Crippen molar-refractivity contribution in [3.05, 3.63) is 32.8 Å². The molecule has 0 spiro atoms. The summed E-state index contributed by atoms with van der Waals surface area (Å²) in [5, 5.41) is 1.53. The molecule has 1 saturated heterocycles. The fraction of sp³-hybridized carbons (Fsp3) is 0.500. The molecule has 1 atom stereocenters. The van der Waals surface area contributed by atoms with Gasteiger partial charge in [-0.1, -0.05) is 34.8 Å². The molecule has 0 saturated carbocycles. The molecule has 0 bridgehead atoms. The van der Waals surface area contributed by atoms with E-state index in [4.69, 9.17) is 45.3 Å². The largest absolute Gasteiger partial charge is 0.381 e. The maximum Gasteiger partial charge on any atom is 0.0641 e. The van der Waals surface area contributed by atoms with Crippen molar-refractivity contribution >= 4 is 47.2 Å². The van der Waals surface area contributed by atoms with Crippen molar-refractivity contribution in [1.29, 1.82) is 0 Å². The maximum atomic E-state index is 6.25. The highest BCUT2D eigenvalue weighted by Gasteiger charge is 2.25. The van der Waals surface area contributed by atoms with Crippen LogP contribution in [-0.4, -0.2) is 13.2 Å². The number of hydrogen-bond acceptors (Lipinski definition) is 2. The lowest BCUT2D eigenvalue weighted by atomic mass is 9.88. The second-order valence-corrected chi connectivity index (χ2v) is 5.49. The molecule has 18 heavy (non-hydrogen) atoms. The third kappa shape index (κ3) is 3.66. The Hall–Kier alpha value is 0.300. The van der Waals surface area contributed by atoms with Crippen molar-refractivity contribution in [1.82, 2.24) is 0 Å². The first kappa shape index (κ1) is 16.4. The van der Waals surface area contributed by atoms with Crippen molar-refractivity contribution in [3.8, 4) is 0 Å². The van der Waals surface area contributed by atoms with Gasteiger partial charge in [0.1, 0.15) is 0 Å². The van der Waals surface area contributed by atoms with Gasteiger partial charge >= 0.3 is 0 Å². The average Bonchev–Trinajstić information content (AvgIpc) is 2.34. The van der Waals surface area contributed by atoms with Crippen LogP contribution in [0.25, 0.3) is 0 Å². The minimum absolute atomic E-state index is 0. The normalized spacial score (nSPS) is 18.2. The van der Waals surface area contributed by atoms with Gasteiger partial charge in [-0.3, -0.25) is 0 Å². The van der Waals surface area contributed by atoms with Crippen molar-refractivity contribution in [2.75, 3.05) is 13.2 Å². The molecule has 1 heterocycles. The molecule has 0 aromatic heterocycles. The number of hydrogen-bond donors (Lipinski definition) is 1. The zero-order valence-electron chi connectivity index (χ0n) is 9.67. The van der Waals surface area contributed by atoms with Crippen LogP contribution in [0.15, 0.2) is 12.1 Å². The van der Waals surface area contributed by atoms with Crippen LogP contribution in [0.3, 0.4) is 0 Å². The zero-order valence-corrected chi connectivity index (χ0v) is 12.7. The predicted octanol–water partition coefficient (Wildman–Crippen LogP) is 4.50. The maximum absolute atomic E-state index is 6.25. The van der Waals surface area contributed by atoms with Crippen LogP contribution in [0.4, 0.5) is 0 Å². The van der Waals surface area contributed by atoms with Crippen LogP contribution in [0, 0.1) is 5.92 Å². The Labute approximate surface area is 128 Å². The Morgan fingerprint density at radius 3 is 2.39 bits per heavy atom. The van der Waals surface area contributed by atoms with Crippen LogP contribution in [-0.2, 0) is 4.74 Å². The molecule has 0 unspecified atom stereocenters. The highest BCUT2D eigenvalue weighted by Crippen LogP contribution is 2.37. The fourth-order valence-corrected chi connectivity index (χ4v) is 2.89. The van der Waals surface area contributed by atoms with Crippen molar-refractivity contribution < 1.29 is 4.74 Å². The molecular formula is C12H15Cl4NO. The van der Waals surface area contributed by atoms with Gasteiger partial charge in [-0.05, 0) is 36.5 Å². The molecule has 1 aliphatic rings. The molecule has 0 amide bonds. The van der Waals surface area contributed by atoms with Crippen molar-refractivity contribution in [3.63, 3.8) is 0 Å². The summed E-state index contributed by atoms with van der Waals surface area (Å²) >= 11 is 18.2. The van der Waals surface area contributed by atoms with Gasteiger partial charge in [0.25, 0.3) is 0 Å². The molecule has 2 rings (SSSR count). The van der Waals surface area contributed by atoms with Gasteiger partial charge in [0.05, 0.1) is 10.0 Å². The molecule has 6 heteroatoms. The lowest BCUT2D eigenvalue weighted by molar-refractivity contribution is 0.0584. The molecular weight excluding hydrogens is 316 g/mol. The van der Waals surface area contributed by atoms with Crippen molar-refractivity contribution in [2.45, 2.75) is 18.9 Å². The third-order valence-corrected chi connectivity index (χ3v) is 4.19. The average molecular weight is 331 g/mol. The van der Waals surface area contributed by atoms with Gasteiger partial charge in [0.15, 0.2) is 0 Å². The van der Waals surface area contributed by atoms with E-state index < -0.39 is 0 Å². The molecule has 2 nitrogen and oxygen atoms in total. The van der Waals surface area contributed by atoms with E-state index >= 15 is 0 Å². The first-order valence-electron chi connectivity index (χ1n) is 5.57. The number of ether oxygens (including phenoxy) is 1. The second kappa shape index (κ2) is 7.18. The van der Waals surface area contributed by atoms with E-state index in [1.54, 1.807) is 12.1 Å². The summed E-state index contributed by atoms with van der Waals surface area (Å²) in [5.41, 5.74) is 7.08. The zero-order chi connectivity index (χ0) is 12.4. The minimum Gasteiger partial charge on any atom is -0.381 e. The summed E-state index contributed by atoms with van der Waals surface area (Å²) in [4.78, 5) is 0. The molecule has 2 N–H and O–H groups in total. The van der Waals surface area contributed by atoms with Gasteiger partial charge < -0.3 is 10.5 Å². The predicted molar refractivity (Wildman–Crippen MR) is 79.2 cm³/mol. The summed E-state index contributed by atoms with van der Waals surface area (Å²) in [5.74, 6) is 0.371. The van der Waals surface area contributed by atoms with Crippen LogP contribution < -0.4 is 5.73 Å². The highest BCUT2D eigenvalue weighted by molar-refractivity contribution is 6.43. The SMILES string of the molecule is Cl.N[C@H](c1cc(Cl)cc(Cl)c1Cl)C1CCOCC1. The minimum atomic E-state index is -0.136. The molecule has 1 aromatic rings. The molecule has 102 valence electrons. The van der Waals surface area contributed by atoms with E-state index in [0.29, 0.717) is 21.0 Å². The van der Waals surface area contributed by atoms with E-state index in [0.717, 1.165) is 31.6 Å². The van der Waals surface area contributed by atoms with E-state index in [9.17, 15) is 0 Å². The third-order valence-electron chi connectivity index (χ3n) is 3.15. The summed E-state index contributed by atoms with van der Waals surface area (Å²) in [7, 11) is 0. The van der Waals surface area contributed by atoms with E-state index in [1.165, 1.54) is 0 Å². The Kier molecular flexibility index (Phi) is 6.52. The lowest BCUT2D eigenvalue weighted by Gasteiger charge is -2.28. The van der Waals surface area contributed by atoms with Gasteiger partial charge in [-0.25, -0.2) is 0 Å². The van der Waals surface area contributed by atoms with E-state index in [-0.39, 0.29) is 18.4 Å². The Morgan fingerprint density at radius 1 is 1.17 bits per heavy atom. The van der Waals surface area contributed by atoms with E-state index in [2.05, 4.69) is 0 Å². The Morgan fingerprint density at radius 2 is 1.78 bits per heavy atom. The second-order valence-electron chi connectivity index (χ2n) is 4.27. The quantitative estimate of drug-likeness (QED) is 0.810. The van der Waals surface area contributed by atoms with Gasteiger partial charge in [-0.2, -0.15) is 0 Å². The monoisotopic (exact) mass is 329 g/mol. The number of benzene rings is 1. The highest BCUT2D eigenvalue weighted by atomic mass is 35.5. The van der Waals surface area contributed by atoms with Crippen LogP contribution in [0.2, 0.25) is 15.1 Å². The summed E-state index contributed by atoms with van der Waals surface area (Å²) in [6, 6.07) is 3.30. The van der Waals surface area contributed by atoms with Crippen LogP contribution in [0.1, 0.15) is 24.4 Å². The van der Waals surface area contributed by atoms with Gasteiger partial charge in [0.2, 0.25) is 0 Å². The van der Waals surface area contributed by atoms with Crippen LogP contribution >= 0.6 is 47.2 Å². The molecule has 1 fully saturated rings. The Bertz CT molecular complexity index is 407. The number of nitrogens with two attached hydrogens (primary N) is 1. The molecule has 0 radical (unpaired) electrons. The number of halogens is 4. The first-order valence-corrected chi connectivity index (χ1v) is 6.70. The summed E-state index contributed by atoms with van der Waals surface area (Å²) < 4.78 is 5.32. The molecule has 1 aliphatic heterocycles.